The molecule has 25 heavy (non-hydrogen) atoms. The predicted molar refractivity (Wildman–Crippen MR) is 95.6 cm³/mol. The third-order valence-electron chi connectivity index (χ3n) is 3.75. The van der Waals surface area contributed by atoms with Crippen LogP contribution in [0.1, 0.15) is 28.1 Å². The van der Waals surface area contributed by atoms with Crippen LogP contribution in [-0.4, -0.2) is 16.7 Å². The molecule has 2 aromatic carbocycles. The van der Waals surface area contributed by atoms with Crippen LogP contribution in [0.25, 0.3) is 0 Å². The largest absolute Gasteiger partial charge is 0.507 e. The predicted octanol–water partition coefficient (Wildman–Crippen LogP) is 3.75. The molecule has 0 bridgehead atoms. The van der Waals surface area contributed by atoms with Crippen molar-refractivity contribution in [2.75, 3.05) is 0 Å². The Morgan fingerprint density at radius 2 is 1.76 bits per heavy atom. The van der Waals surface area contributed by atoms with Crippen LogP contribution in [0, 0.1) is 0 Å². The highest BCUT2D eigenvalue weighted by Gasteiger charge is 2.12. The summed E-state index contributed by atoms with van der Waals surface area (Å²) in [6.07, 6.45) is 2.74. The molecule has 1 amide bonds. The van der Waals surface area contributed by atoms with Crippen molar-refractivity contribution in [3.05, 3.63) is 89.9 Å². The van der Waals surface area contributed by atoms with Gasteiger partial charge in [0.25, 0.3) is 0 Å². The van der Waals surface area contributed by atoms with E-state index in [0.29, 0.717) is 17.7 Å². The zero-order valence-corrected chi connectivity index (χ0v) is 13.6. The number of rotatable bonds is 6. The number of hydrazone groups is 1. The minimum atomic E-state index is -0.433. The van der Waals surface area contributed by atoms with Crippen molar-refractivity contribution >= 4 is 11.6 Å². The molecule has 0 saturated carbocycles. The second-order valence-corrected chi connectivity index (χ2v) is 5.48. The number of furan rings is 1. The maximum absolute atomic E-state index is 12.0. The number of para-hydroxylation sites is 1. The van der Waals surface area contributed by atoms with Crippen molar-refractivity contribution in [1.29, 1.82) is 0 Å². The Labute approximate surface area is 145 Å². The molecule has 2 N–H and O–H groups in total. The number of carbonyl (C=O) groups excluding carboxylic acids is 1. The Bertz CT molecular complexity index is 856. The van der Waals surface area contributed by atoms with Gasteiger partial charge in [-0.05, 0) is 42.7 Å². The van der Waals surface area contributed by atoms with Gasteiger partial charge in [-0.1, -0.05) is 42.5 Å². The number of carbonyl (C=O) groups is 1. The van der Waals surface area contributed by atoms with E-state index >= 15 is 0 Å². The van der Waals surface area contributed by atoms with Crippen molar-refractivity contribution in [1.82, 2.24) is 5.43 Å². The second-order valence-electron chi connectivity index (χ2n) is 5.48. The average molecular weight is 334 g/mol. The van der Waals surface area contributed by atoms with Crippen LogP contribution in [0.3, 0.4) is 0 Å². The van der Waals surface area contributed by atoms with Gasteiger partial charge in [-0.3, -0.25) is 4.79 Å². The van der Waals surface area contributed by atoms with E-state index in [1.54, 1.807) is 30.3 Å². The van der Waals surface area contributed by atoms with E-state index in [-0.39, 0.29) is 11.5 Å². The van der Waals surface area contributed by atoms with Gasteiger partial charge in [0.15, 0.2) is 5.76 Å². The lowest BCUT2D eigenvalue weighted by Gasteiger charge is -2.09. The number of hydrogen-bond acceptors (Lipinski definition) is 4. The molecule has 126 valence electrons. The Kier molecular flexibility index (Phi) is 5.26. The summed E-state index contributed by atoms with van der Waals surface area (Å²) in [5.74, 6) is -0.123. The van der Waals surface area contributed by atoms with Gasteiger partial charge in [0.05, 0.1) is 12.0 Å². The Balaban J connectivity index is 1.80. The maximum Gasteiger partial charge on any atom is 0.307 e. The van der Waals surface area contributed by atoms with E-state index in [0.717, 1.165) is 12.0 Å². The van der Waals surface area contributed by atoms with Gasteiger partial charge in [0.1, 0.15) is 5.75 Å². The third kappa shape index (κ3) is 4.35. The summed E-state index contributed by atoms with van der Waals surface area (Å²) in [4.78, 5) is 12.0. The quantitative estimate of drug-likeness (QED) is 0.532. The number of phenols is 1. The molecular formula is C20H18N2O3. The van der Waals surface area contributed by atoms with Crippen LogP contribution < -0.4 is 5.43 Å². The number of hydrogen-bond donors (Lipinski definition) is 2. The second kappa shape index (κ2) is 7.97. The summed E-state index contributed by atoms with van der Waals surface area (Å²) in [5.41, 5.74) is 4.84. The van der Waals surface area contributed by atoms with Crippen molar-refractivity contribution in [2.45, 2.75) is 12.8 Å². The molecule has 1 aromatic heterocycles. The molecule has 0 atom stereocenters. The highest BCUT2D eigenvalue weighted by atomic mass is 16.3. The molecule has 0 aliphatic carbocycles. The standard InChI is InChI=1S/C20H18N2O3/c23-18-10-5-4-9-16(18)17(13-12-15-7-2-1-3-8-15)21-22-20(24)19-11-6-14-25-19/h1-11,14,23H,12-13H2,(H,22,24)/b21-17+. The minimum Gasteiger partial charge on any atom is -0.507 e. The van der Waals surface area contributed by atoms with E-state index in [2.05, 4.69) is 10.5 Å². The lowest BCUT2D eigenvalue weighted by Crippen LogP contribution is -2.20. The van der Waals surface area contributed by atoms with Gasteiger partial charge in [-0.15, -0.1) is 0 Å². The van der Waals surface area contributed by atoms with Crippen LogP contribution >= 0.6 is 0 Å². The Morgan fingerprint density at radius 3 is 2.48 bits per heavy atom. The first-order chi connectivity index (χ1) is 12.2. The van der Waals surface area contributed by atoms with Crippen LogP contribution in [0.2, 0.25) is 0 Å². The lowest BCUT2D eigenvalue weighted by molar-refractivity contribution is 0.0927. The molecule has 0 saturated heterocycles. The summed E-state index contributed by atoms with van der Waals surface area (Å²) in [7, 11) is 0. The number of amides is 1. The van der Waals surface area contributed by atoms with Crippen LogP contribution in [0.4, 0.5) is 0 Å². The number of nitrogens with zero attached hydrogens (tertiary/aromatic N) is 1. The molecule has 0 unspecified atom stereocenters. The molecule has 0 aliphatic heterocycles. The van der Waals surface area contributed by atoms with Crippen LogP contribution in [0.15, 0.2) is 82.5 Å². The maximum atomic E-state index is 12.0. The SMILES string of the molecule is O=C(N/N=C(\CCc1ccccc1)c1ccccc1O)c1ccco1. The van der Waals surface area contributed by atoms with E-state index in [1.165, 1.54) is 6.26 Å². The van der Waals surface area contributed by atoms with Gasteiger partial charge in [0.2, 0.25) is 0 Å². The van der Waals surface area contributed by atoms with Crippen molar-refractivity contribution in [2.24, 2.45) is 5.10 Å². The summed E-state index contributed by atoms with van der Waals surface area (Å²) in [6.45, 7) is 0. The Hall–Kier alpha value is -3.34. The van der Waals surface area contributed by atoms with E-state index in [4.69, 9.17) is 4.42 Å². The van der Waals surface area contributed by atoms with E-state index in [1.807, 2.05) is 36.4 Å². The van der Waals surface area contributed by atoms with Crippen LogP contribution in [-0.2, 0) is 6.42 Å². The van der Waals surface area contributed by atoms with Crippen molar-refractivity contribution in [3.63, 3.8) is 0 Å². The van der Waals surface area contributed by atoms with Crippen molar-refractivity contribution < 1.29 is 14.3 Å². The first-order valence-electron chi connectivity index (χ1n) is 7.97. The highest BCUT2D eigenvalue weighted by molar-refractivity contribution is 6.03. The molecule has 3 aromatic rings. The van der Waals surface area contributed by atoms with Gasteiger partial charge in [-0.25, -0.2) is 5.43 Å². The van der Waals surface area contributed by atoms with Gasteiger partial charge in [-0.2, -0.15) is 5.10 Å². The number of aromatic hydroxyl groups is 1. The summed E-state index contributed by atoms with van der Waals surface area (Å²) >= 11 is 0. The zero-order chi connectivity index (χ0) is 17.5. The van der Waals surface area contributed by atoms with Gasteiger partial charge >= 0.3 is 5.91 Å². The third-order valence-corrected chi connectivity index (χ3v) is 3.75. The normalized spacial score (nSPS) is 11.3. The smallest absolute Gasteiger partial charge is 0.307 e. The first kappa shape index (κ1) is 16.5. The molecule has 0 radical (unpaired) electrons. The topological polar surface area (TPSA) is 74.8 Å². The molecule has 0 fully saturated rings. The number of benzene rings is 2. The van der Waals surface area contributed by atoms with Crippen LogP contribution in [0.5, 0.6) is 5.75 Å². The summed E-state index contributed by atoms with van der Waals surface area (Å²) < 4.78 is 5.06. The molecule has 3 rings (SSSR count). The number of nitrogens with one attached hydrogen (secondary N) is 1. The molecular weight excluding hydrogens is 316 g/mol. The lowest BCUT2D eigenvalue weighted by atomic mass is 10.0. The molecule has 5 heteroatoms. The fourth-order valence-corrected chi connectivity index (χ4v) is 2.46. The van der Waals surface area contributed by atoms with Gasteiger partial charge in [0, 0.05) is 5.56 Å². The average Bonchev–Trinajstić information content (AvgIpc) is 3.18. The zero-order valence-electron chi connectivity index (χ0n) is 13.6. The van der Waals surface area contributed by atoms with E-state index in [9.17, 15) is 9.90 Å². The summed E-state index contributed by atoms with van der Waals surface area (Å²) in [5, 5.41) is 14.3. The molecule has 0 aliphatic rings. The number of phenolic OH excluding ortho intramolecular Hbond substituents is 1. The van der Waals surface area contributed by atoms with Crippen molar-refractivity contribution in [3.8, 4) is 5.75 Å². The highest BCUT2D eigenvalue weighted by Crippen LogP contribution is 2.19. The Morgan fingerprint density at radius 1 is 1.00 bits per heavy atom. The van der Waals surface area contributed by atoms with Gasteiger partial charge < -0.3 is 9.52 Å². The number of aryl methyl sites for hydroxylation is 1. The molecule has 0 spiro atoms. The molecule has 5 nitrogen and oxygen atoms in total. The monoisotopic (exact) mass is 334 g/mol. The summed E-state index contributed by atoms with van der Waals surface area (Å²) in [6, 6.07) is 20.1. The fourth-order valence-electron chi connectivity index (χ4n) is 2.46. The van der Waals surface area contributed by atoms with E-state index < -0.39 is 5.91 Å². The fraction of sp³-hybridized carbons (Fsp3) is 0.100. The first-order valence-corrected chi connectivity index (χ1v) is 7.97. The molecule has 1 heterocycles. The minimum absolute atomic E-state index is 0.126.